The Morgan fingerprint density at radius 2 is 1.82 bits per heavy atom. The van der Waals surface area contributed by atoms with Gasteiger partial charge in [0.1, 0.15) is 6.54 Å². The normalized spacial score (nSPS) is 18.1. The van der Waals surface area contributed by atoms with Crippen LogP contribution in [0.1, 0.15) is 31.2 Å². The fourth-order valence-electron chi connectivity index (χ4n) is 4.44. The Labute approximate surface area is 200 Å². The van der Waals surface area contributed by atoms with Crippen molar-refractivity contribution in [3.8, 4) is 0 Å². The molecule has 33 heavy (non-hydrogen) atoms. The maximum atomic E-state index is 13.0. The first-order chi connectivity index (χ1) is 16.0. The first-order valence-corrected chi connectivity index (χ1v) is 12.1. The van der Waals surface area contributed by atoms with E-state index in [1.165, 1.54) is 0 Å². The van der Waals surface area contributed by atoms with Crippen molar-refractivity contribution >= 4 is 63.1 Å². The predicted molar refractivity (Wildman–Crippen MR) is 132 cm³/mol. The van der Waals surface area contributed by atoms with E-state index in [1.54, 1.807) is 30.3 Å². The SMILES string of the molecule is O=C(Cn1cc(/C=C2\SC(=O)N(c3ccc(Cl)cc3)C2=O)c2ccccc21)NC1CCCC1. The number of halogens is 1. The molecular formula is C25H22ClN3O3S. The number of nitrogens with one attached hydrogen (secondary N) is 1. The van der Waals surface area contributed by atoms with Crippen molar-refractivity contribution in [2.24, 2.45) is 0 Å². The number of rotatable bonds is 5. The van der Waals surface area contributed by atoms with E-state index in [2.05, 4.69) is 5.32 Å². The quantitative estimate of drug-likeness (QED) is 0.484. The van der Waals surface area contributed by atoms with Crippen molar-refractivity contribution in [2.75, 3.05) is 4.90 Å². The molecule has 0 radical (unpaired) electrons. The van der Waals surface area contributed by atoms with Crippen LogP contribution in [0.25, 0.3) is 17.0 Å². The van der Waals surface area contributed by atoms with E-state index in [0.717, 1.165) is 58.8 Å². The number of benzene rings is 2. The number of fused-ring (bicyclic) bond motifs is 1. The molecular weight excluding hydrogens is 458 g/mol. The number of carbonyl (C=O) groups is 3. The van der Waals surface area contributed by atoms with Crippen molar-refractivity contribution in [1.29, 1.82) is 0 Å². The number of carbonyl (C=O) groups excluding carboxylic acids is 3. The Morgan fingerprint density at radius 1 is 1.09 bits per heavy atom. The van der Waals surface area contributed by atoms with E-state index in [0.29, 0.717) is 15.6 Å². The number of hydrogen-bond acceptors (Lipinski definition) is 4. The second-order valence-corrected chi connectivity index (χ2v) is 9.70. The van der Waals surface area contributed by atoms with Gasteiger partial charge in [0.15, 0.2) is 0 Å². The third kappa shape index (κ3) is 4.43. The molecule has 3 amide bonds. The summed E-state index contributed by atoms with van der Waals surface area (Å²) >= 11 is 6.84. The van der Waals surface area contributed by atoms with E-state index in [9.17, 15) is 14.4 Å². The fourth-order valence-corrected chi connectivity index (χ4v) is 5.40. The zero-order valence-electron chi connectivity index (χ0n) is 17.8. The number of aromatic nitrogens is 1. The standard InChI is InChI=1S/C25H22ClN3O3S/c26-17-9-11-19(12-10-17)29-24(31)22(33-25(29)32)13-16-14-28(21-8-4-3-7-20(16)21)15-23(30)27-18-5-1-2-6-18/h3-4,7-14,18H,1-2,5-6,15H2,(H,27,30)/b22-13-. The van der Waals surface area contributed by atoms with Gasteiger partial charge in [0.05, 0.1) is 10.6 Å². The van der Waals surface area contributed by atoms with Gasteiger partial charge in [-0.3, -0.25) is 14.4 Å². The van der Waals surface area contributed by atoms with Crippen LogP contribution in [0.2, 0.25) is 5.02 Å². The summed E-state index contributed by atoms with van der Waals surface area (Å²) in [6, 6.07) is 14.6. The van der Waals surface area contributed by atoms with Crippen molar-refractivity contribution in [3.05, 3.63) is 70.2 Å². The Morgan fingerprint density at radius 3 is 2.58 bits per heavy atom. The smallest absolute Gasteiger partial charge is 0.298 e. The summed E-state index contributed by atoms with van der Waals surface area (Å²) < 4.78 is 1.90. The Balaban J connectivity index is 1.43. The highest BCUT2D eigenvalue weighted by Gasteiger charge is 2.36. The largest absolute Gasteiger partial charge is 0.352 e. The van der Waals surface area contributed by atoms with E-state index in [1.807, 2.05) is 35.0 Å². The molecule has 1 saturated heterocycles. The maximum Gasteiger partial charge on any atom is 0.298 e. The summed E-state index contributed by atoms with van der Waals surface area (Å²) in [4.78, 5) is 39.7. The van der Waals surface area contributed by atoms with Gasteiger partial charge in [-0.25, -0.2) is 4.90 Å². The lowest BCUT2D eigenvalue weighted by Crippen LogP contribution is -2.35. The van der Waals surface area contributed by atoms with Gasteiger partial charge >= 0.3 is 0 Å². The third-order valence-corrected chi connectivity index (χ3v) is 7.14. The van der Waals surface area contributed by atoms with Crippen LogP contribution in [-0.2, 0) is 16.1 Å². The molecule has 5 rings (SSSR count). The van der Waals surface area contributed by atoms with Crippen molar-refractivity contribution in [2.45, 2.75) is 38.3 Å². The van der Waals surface area contributed by atoms with Crippen LogP contribution in [0, 0.1) is 0 Å². The summed E-state index contributed by atoms with van der Waals surface area (Å²) in [7, 11) is 0. The lowest BCUT2D eigenvalue weighted by Gasteiger charge is -2.12. The first-order valence-electron chi connectivity index (χ1n) is 10.9. The summed E-state index contributed by atoms with van der Waals surface area (Å²) in [5.74, 6) is -0.389. The molecule has 0 bridgehead atoms. The highest BCUT2D eigenvalue weighted by molar-refractivity contribution is 8.19. The van der Waals surface area contributed by atoms with Gasteiger partial charge in [-0.05, 0) is 61.0 Å². The molecule has 8 heteroatoms. The molecule has 168 valence electrons. The fraction of sp³-hybridized carbons (Fsp3) is 0.240. The molecule has 1 aliphatic heterocycles. The van der Waals surface area contributed by atoms with Gasteiger partial charge in [-0.1, -0.05) is 42.6 Å². The summed E-state index contributed by atoms with van der Waals surface area (Å²) in [6.45, 7) is 0.205. The van der Waals surface area contributed by atoms with Gasteiger partial charge < -0.3 is 9.88 Å². The third-order valence-electron chi connectivity index (χ3n) is 6.02. The molecule has 2 aliphatic rings. The Hall–Kier alpha value is -3.03. The molecule has 0 spiro atoms. The zero-order valence-corrected chi connectivity index (χ0v) is 19.4. The molecule has 1 aliphatic carbocycles. The summed E-state index contributed by atoms with van der Waals surface area (Å²) in [6.07, 6.45) is 7.99. The number of anilines is 1. The van der Waals surface area contributed by atoms with Crippen LogP contribution in [0.15, 0.2) is 59.6 Å². The Kier molecular flexibility index (Phi) is 6.00. The zero-order chi connectivity index (χ0) is 22.9. The minimum atomic E-state index is -0.372. The second-order valence-electron chi connectivity index (χ2n) is 8.27. The highest BCUT2D eigenvalue weighted by atomic mass is 35.5. The van der Waals surface area contributed by atoms with Crippen LogP contribution >= 0.6 is 23.4 Å². The second kappa shape index (κ2) is 9.08. The minimum absolute atomic E-state index is 0.0164. The van der Waals surface area contributed by atoms with Gasteiger partial charge in [-0.15, -0.1) is 0 Å². The van der Waals surface area contributed by atoms with Gasteiger partial charge in [0, 0.05) is 33.7 Å². The van der Waals surface area contributed by atoms with Crippen LogP contribution < -0.4 is 10.2 Å². The van der Waals surface area contributed by atoms with Crippen LogP contribution in [0.4, 0.5) is 10.5 Å². The van der Waals surface area contributed by atoms with Crippen LogP contribution in [0.5, 0.6) is 0 Å². The van der Waals surface area contributed by atoms with E-state index in [-0.39, 0.29) is 29.6 Å². The first kappa shape index (κ1) is 21.8. The lowest BCUT2D eigenvalue weighted by molar-refractivity contribution is -0.122. The predicted octanol–water partition coefficient (Wildman–Crippen LogP) is 5.59. The van der Waals surface area contributed by atoms with Gasteiger partial charge in [-0.2, -0.15) is 0 Å². The van der Waals surface area contributed by atoms with Crippen LogP contribution in [-0.4, -0.2) is 27.7 Å². The topological polar surface area (TPSA) is 71.4 Å². The van der Waals surface area contributed by atoms with E-state index in [4.69, 9.17) is 11.6 Å². The van der Waals surface area contributed by atoms with Crippen molar-refractivity contribution in [1.82, 2.24) is 9.88 Å². The van der Waals surface area contributed by atoms with E-state index >= 15 is 0 Å². The lowest BCUT2D eigenvalue weighted by atomic mass is 10.1. The molecule has 2 fully saturated rings. The highest BCUT2D eigenvalue weighted by Crippen LogP contribution is 2.37. The molecule has 2 heterocycles. The average molecular weight is 480 g/mol. The number of para-hydroxylation sites is 1. The number of hydrogen-bond donors (Lipinski definition) is 1. The van der Waals surface area contributed by atoms with E-state index < -0.39 is 0 Å². The average Bonchev–Trinajstić information content (AvgIpc) is 3.49. The number of thioether (sulfide) groups is 1. The maximum absolute atomic E-state index is 13.0. The number of nitrogens with zero attached hydrogens (tertiary/aromatic N) is 2. The van der Waals surface area contributed by atoms with Gasteiger partial charge in [0.25, 0.3) is 11.1 Å². The van der Waals surface area contributed by atoms with Gasteiger partial charge in [0.2, 0.25) is 5.91 Å². The minimum Gasteiger partial charge on any atom is -0.352 e. The molecule has 1 N–H and O–H groups in total. The summed E-state index contributed by atoms with van der Waals surface area (Å²) in [5.41, 5.74) is 2.18. The number of imide groups is 1. The van der Waals surface area contributed by atoms with Crippen LogP contribution in [0.3, 0.4) is 0 Å². The molecule has 0 atom stereocenters. The molecule has 1 aromatic heterocycles. The van der Waals surface area contributed by atoms with Crippen molar-refractivity contribution < 1.29 is 14.4 Å². The van der Waals surface area contributed by atoms with Crippen molar-refractivity contribution in [3.63, 3.8) is 0 Å². The molecule has 1 saturated carbocycles. The summed E-state index contributed by atoms with van der Waals surface area (Å²) in [5, 5.41) is 4.22. The molecule has 0 unspecified atom stereocenters. The number of amides is 3. The molecule has 2 aromatic carbocycles. The monoisotopic (exact) mass is 479 g/mol. The Bertz CT molecular complexity index is 1280. The molecule has 3 aromatic rings. The molecule has 6 nitrogen and oxygen atoms in total.